The van der Waals surface area contributed by atoms with Crippen LogP contribution in [-0.2, 0) is 17.2 Å². The van der Waals surface area contributed by atoms with Crippen LogP contribution in [0, 0.1) is 0 Å². The van der Waals surface area contributed by atoms with Crippen molar-refractivity contribution in [1.82, 2.24) is 14.8 Å². The maximum absolute atomic E-state index is 14.1. The third kappa shape index (κ3) is 7.17. The number of ether oxygens (including phenoxy) is 2. The second-order valence-electron chi connectivity index (χ2n) is 10.5. The second-order valence-corrected chi connectivity index (χ2v) is 12.3. The number of carbonyl (C=O) groups excluding carboxylic acids is 1. The molecular weight excluding hydrogens is 641 g/mol. The zero-order chi connectivity index (χ0) is 32.0. The first-order valence-electron chi connectivity index (χ1n) is 14.7. The van der Waals surface area contributed by atoms with Gasteiger partial charge in [0, 0.05) is 27.1 Å². The largest absolute Gasteiger partial charge is 0.492 e. The first-order chi connectivity index (χ1) is 22.4. The lowest BCUT2D eigenvalue weighted by Crippen LogP contribution is -2.31. The summed E-state index contributed by atoms with van der Waals surface area (Å²) >= 11 is 14.0. The Morgan fingerprint density at radius 2 is 1.78 bits per heavy atom. The van der Waals surface area contributed by atoms with Crippen LogP contribution in [0.25, 0.3) is 0 Å². The molecule has 5 aromatic rings. The van der Waals surface area contributed by atoms with Gasteiger partial charge in [0.05, 0.1) is 17.9 Å². The van der Waals surface area contributed by atoms with Crippen LogP contribution < -0.4 is 20.1 Å². The van der Waals surface area contributed by atoms with Crippen molar-refractivity contribution in [2.75, 3.05) is 17.2 Å². The van der Waals surface area contributed by atoms with Gasteiger partial charge in [-0.05, 0) is 61.4 Å². The summed E-state index contributed by atoms with van der Waals surface area (Å²) in [5.74, 6) is 2.17. The van der Waals surface area contributed by atoms with E-state index in [-0.39, 0.29) is 12.5 Å². The maximum Gasteiger partial charge on any atom is 0.255 e. The summed E-state index contributed by atoms with van der Waals surface area (Å²) in [5, 5.41) is 12.9. The van der Waals surface area contributed by atoms with E-state index in [1.165, 1.54) is 11.8 Å². The number of nitrogens with one attached hydrogen (secondary N) is 2. The molecule has 1 atom stereocenters. The van der Waals surface area contributed by atoms with Gasteiger partial charge >= 0.3 is 0 Å². The highest BCUT2D eigenvalue weighted by Gasteiger charge is 2.35. The average molecular weight is 673 g/mol. The normalized spacial score (nSPS) is 14.0. The van der Waals surface area contributed by atoms with E-state index in [0.29, 0.717) is 62.0 Å². The molecule has 46 heavy (non-hydrogen) atoms. The van der Waals surface area contributed by atoms with Crippen molar-refractivity contribution in [2.24, 2.45) is 0 Å². The Hall–Kier alpha value is -4.44. The topological polar surface area (TPSA) is 90.3 Å². The molecule has 0 saturated carbocycles. The van der Waals surface area contributed by atoms with E-state index in [9.17, 15) is 4.79 Å². The SMILES string of the molecule is CCOc1ccccc1NC(=O)C1=C(C)Nc2nc(SCc3ccccc3)nn2C1c1cccc(OCc2ccc(Cl)cc2Cl)c1. The van der Waals surface area contributed by atoms with Gasteiger partial charge in [0.2, 0.25) is 11.1 Å². The number of benzene rings is 4. The fourth-order valence-electron chi connectivity index (χ4n) is 5.13. The smallest absolute Gasteiger partial charge is 0.255 e. The highest BCUT2D eigenvalue weighted by molar-refractivity contribution is 7.98. The van der Waals surface area contributed by atoms with Crippen LogP contribution in [0.15, 0.2) is 113 Å². The molecule has 2 N–H and O–H groups in total. The highest BCUT2D eigenvalue weighted by atomic mass is 35.5. The van der Waals surface area contributed by atoms with Gasteiger partial charge < -0.3 is 20.1 Å². The van der Waals surface area contributed by atoms with Crippen molar-refractivity contribution >= 4 is 52.5 Å². The fourth-order valence-corrected chi connectivity index (χ4v) is 6.38. The molecule has 2 heterocycles. The monoisotopic (exact) mass is 671 g/mol. The van der Waals surface area contributed by atoms with E-state index in [2.05, 4.69) is 22.8 Å². The summed E-state index contributed by atoms with van der Waals surface area (Å²) in [6.07, 6.45) is 0. The van der Waals surface area contributed by atoms with E-state index in [0.717, 1.165) is 16.7 Å². The highest BCUT2D eigenvalue weighted by Crippen LogP contribution is 2.39. The first kappa shape index (κ1) is 31.5. The second kappa shape index (κ2) is 14.3. The van der Waals surface area contributed by atoms with Crippen LogP contribution in [0.4, 0.5) is 11.6 Å². The van der Waals surface area contributed by atoms with E-state index in [4.69, 9.17) is 42.8 Å². The lowest BCUT2D eigenvalue weighted by molar-refractivity contribution is -0.113. The average Bonchev–Trinajstić information content (AvgIpc) is 3.46. The zero-order valence-electron chi connectivity index (χ0n) is 25.2. The number of anilines is 2. The molecule has 0 fully saturated rings. The Kier molecular flexibility index (Phi) is 9.82. The number of rotatable bonds is 11. The quantitative estimate of drug-likeness (QED) is 0.136. The zero-order valence-corrected chi connectivity index (χ0v) is 27.5. The minimum Gasteiger partial charge on any atom is -0.492 e. The molecule has 0 radical (unpaired) electrons. The number of nitrogens with zero attached hydrogens (tertiary/aromatic N) is 3. The number of carbonyl (C=O) groups is 1. The molecule has 8 nitrogen and oxygen atoms in total. The van der Waals surface area contributed by atoms with Gasteiger partial charge in [-0.25, -0.2) is 4.68 Å². The summed E-state index contributed by atoms with van der Waals surface area (Å²) in [5.41, 5.74) is 4.50. The van der Waals surface area contributed by atoms with Crippen LogP contribution in [0.2, 0.25) is 10.0 Å². The lowest BCUT2D eigenvalue weighted by atomic mass is 9.94. The molecule has 0 aliphatic carbocycles. The number of aromatic nitrogens is 3. The van der Waals surface area contributed by atoms with Gasteiger partial charge in [0.15, 0.2) is 0 Å². The molecule has 0 saturated heterocycles. The lowest BCUT2D eigenvalue weighted by Gasteiger charge is -2.29. The summed E-state index contributed by atoms with van der Waals surface area (Å²) < 4.78 is 13.7. The fraction of sp³-hybridized carbons (Fsp3) is 0.171. The Bertz CT molecular complexity index is 1900. The van der Waals surface area contributed by atoms with Gasteiger partial charge in [-0.3, -0.25) is 4.79 Å². The van der Waals surface area contributed by atoms with E-state index >= 15 is 0 Å². The van der Waals surface area contributed by atoms with E-state index in [1.54, 1.807) is 16.8 Å². The summed E-state index contributed by atoms with van der Waals surface area (Å²) in [6, 6.07) is 29.9. The molecule has 1 aliphatic heterocycles. The molecule has 0 bridgehead atoms. The molecule has 4 aromatic carbocycles. The Morgan fingerprint density at radius 1 is 0.978 bits per heavy atom. The standard InChI is InChI=1S/C35H31Cl2N5O3S/c1-3-44-30-15-8-7-14-29(30)39-33(43)31-22(2)38-34-40-35(46-21-23-10-5-4-6-11-23)41-42(34)32(31)24-12-9-13-27(18-24)45-20-25-16-17-26(36)19-28(25)37/h4-19,32H,3,20-21H2,1-2H3,(H,39,43)(H,38,40,41). The maximum atomic E-state index is 14.1. The number of hydrogen-bond donors (Lipinski definition) is 2. The number of thioether (sulfide) groups is 1. The molecule has 6 rings (SSSR count). The molecule has 11 heteroatoms. The Balaban J connectivity index is 1.34. The Morgan fingerprint density at radius 3 is 2.59 bits per heavy atom. The number of allylic oxidation sites excluding steroid dienone is 1. The summed E-state index contributed by atoms with van der Waals surface area (Å²) in [7, 11) is 0. The number of amides is 1. The van der Waals surface area contributed by atoms with Crippen LogP contribution in [0.3, 0.4) is 0 Å². The number of fused-ring (bicyclic) bond motifs is 1. The van der Waals surface area contributed by atoms with Gasteiger partial charge in [0.25, 0.3) is 5.91 Å². The minimum atomic E-state index is -0.600. The van der Waals surface area contributed by atoms with Crippen molar-refractivity contribution in [3.8, 4) is 11.5 Å². The predicted molar refractivity (Wildman–Crippen MR) is 184 cm³/mol. The van der Waals surface area contributed by atoms with Crippen molar-refractivity contribution in [2.45, 2.75) is 37.4 Å². The number of hydrogen-bond acceptors (Lipinski definition) is 7. The van der Waals surface area contributed by atoms with Crippen molar-refractivity contribution in [1.29, 1.82) is 0 Å². The van der Waals surface area contributed by atoms with Gasteiger partial charge in [-0.2, -0.15) is 4.98 Å². The van der Waals surface area contributed by atoms with Crippen LogP contribution >= 0.6 is 35.0 Å². The van der Waals surface area contributed by atoms with Crippen LogP contribution in [-0.4, -0.2) is 27.3 Å². The summed E-state index contributed by atoms with van der Waals surface area (Å²) in [6.45, 7) is 4.49. The summed E-state index contributed by atoms with van der Waals surface area (Å²) in [4.78, 5) is 18.9. The van der Waals surface area contributed by atoms with Gasteiger partial charge in [-0.15, -0.1) is 5.10 Å². The third-order valence-corrected chi connectivity index (χ3v) is 8.80. The Labute approximate surface area is 281 Å². The first-order valence-corrected chi connectivity index (χ1v) is 16.4. The molecule has 234 valence electrons. The predicted octanol–water partition coefficient (Wildman–Crippen LogP) is 8.78. The molecule has 0 spiro atoms. The number of halogens is 2. The molecular formula is C35H31Cl2N5O3S. The van der Waals surface area contributed by atoms with E-state index < -0.39 is 6.04 Å². The van der Waals surface area contributed by atoms with Crippen molar-refractivity contribution in [3.05, 3.63) is 135 Å². The van der Waals surface area contributed by atoms with Crippen LogP contribution in [0.1, 0.15) is 36.6 Å². The van der Waals surface area contributed by atoms with Crippen molar-refractivity contribution < 1.29 is 14.3 Å². The molecule has 1 amide bonds. The van der Waals surface area contributed by atoms with E-state index in [1.807, 2.05) is 86.6 Å². The third-order valence-electron chi connectivity index (χ3n) is 7.31. The van der Waals surface area contributed by atoms with Gasteiger partial charge in [-0.1, -0.05) is 95.6 Å². The molecule has 1 aromatic heterocycles. The minimum absolute atomic E-state index is 0.247. The molecule has 1 aliphatic rings. The number of para-hydroxylation sites is 2. The van der Waals surface area contributed by atoms with Crippen molar-refractivity contribution in [3.63, 3.8) is 0 Å². The molecule has 1 unspecified atom stereocenters. The van der Waals surface area contributed by atoms with Gasteiger partial charge in [0.1, 0.15) is 24.1 Å². The van der Waals surface area contributed by atoms with Crippen LogP contribution in [0.5, 0.6) is 11.5 Å².